The molecule has 1 fully saturated rings. The van der Waals surface area contributed by atoms with E-state index in [1.165, 1.54) is 25.7 Å². The molecule has 0 bridgehead atoms. The van der Waals surface area contributed by atoms with Crippen molar-refractivity contribution >= 4 is 5.97 Å². The van der Waals surface area contributed by atoms with Crippen molar-refractivity contribution in [2.24, 2.45) is 0 Å². The Balaban J connectivity index is 2.37. The summed E-state index contributed by atoms with van der Waals surface area (Å²) in [6.07, 6.45) is 6.71. The number of rotatable bonds is 11. The molecule has 1 rings (SSSR count). The van der Waals surface area contributed by atoms with Crippen LogP contribution in [-0.2, 0) is 9.53 Å². The lowest BCUT2D eigenvalue weighted by molar-refractivity contribution is -0.151. The fourth-order valence-electron chi connectivity index (χ4n) is 2.44. The molecular weight excluding hydrogens is 252 g/mol. The topological polar surface area (TPSA) is 41.6 Å². The number of hydrogen-bond acceptors (Lipinski definition) is 4. The van der Waals surface area contributed by atoms with Gasteiger partial charge in [0.1, 0.15) is 5.54 Å². The van der Waals surface area contributed by atoms with Gasteiger partial charge in [0, 0.05) is 6.04 Å². The van der Waals surface area contributed by atoms with E-state index in [2.05, 4.69) is 24.2 Å². The summed E-state index contributed by atoms with van der Waals surface area (Å²) < 4.78 is 5.24. The highest BCUT2D eigenvalue weighted by molar-refractivity contribution is 5.80. The van der Waals surface area contributed by atoms with E-state index >= 15 is 0 Å². The maximum atomic E-state index is 12.2. The summed E-state index contributed by atoms with van der Waals surface area (Å²) in [4.78, 5) is 14.5. The second-order valence-corrected chi connectivity index (χ2v) is 6.23. The predicted molar refractivity (Wildman–Crippen MR) is 82.8 cm³/mol. The van der Waals surface area contributed by atoms with Crippen LogP contribution < -0.4 is 5.32 Å². The molecule has 0 aliphatic heterocycles. The molecule has 1 N–H and O–H groups in total. The van der Waals surface area contributed by atoms with E-state index in [1.807, 2.05) is 13.8 Å². The molecule has 4 heteroatoms. The van der Waals surface area contributed by atoms with Crippen LogP contribution in [0.4, 0.5) is 0 Å². The van der Waals surface area contributed by atoms with Gasteiger partial charge in [-0.25, -0.2) is 0 Å². The van der Waals surface area contributed by atoms with Crippen molar-refractivity contribution in [3.63, 3.8) is 0 Å². The largest absolute Gasteiger partial charge is 0.465 e. The van der Waals surface area contributed by atoms with Gasteiger partial charge < -0.3 is 9.64 Å². The Hall–Kier alpha value is -0.610. The van der Waals surface area contributed by atoms with E-state index in [0.717, 1.165) is 25.9 Å². The highest BCUT2D eigenvalue weighted by Gasteiger charge is 2.39. The van der Waals surface area contributed by atoms with E-state index < -0.39 is 5.54 Å². The summed E-state index contributed by atoms with van der Waals surface area (Å²) >= 11 is 0. The standard InChI is InChI=1S/C16H32N2O2/c1-5-7-12-18(4)13-8-11-16(3,15(19)20-6-2)17-14-9-10-14/h14,17H,5-13H2,1-4H3. The van der Waals surface area contributed by atoms with Crippen LogP contribution in [0.3, 0.4) is 0 Å². The van der Waals surface area contributed by atoms with Crippen LogP contribution in [-0.4, -0.2) is 49.2 Å². The summed E-state index contributed by atoms with van der Waals surface area (Å²) in [7, 11) is 2.16. The lowest BCUT2D eigenvalue weighted by Crippen LogP contribution is -2.51. The number of nitrogens with one attached hydrogen (secondary N) is 1. The molecule has 4 nitrogen and oxygen atoms in total. The number of esters is 1. The number of unbranched alkanes of at least 4 members (excludes halogenated alkanes) is 1. The first-order valence-electron chi connectivity index (χ1n) is 8.15. The van der Waals surface area contributed by atoms with Crippen molar-refractivity contribution in [2.75, 3.05) is 26.7 Å². The van der Waals surface area contributed by atoms with E-state index in [0.29, 0.717) is 12.6 Å². The fraction of sp³-hybridized carbons (Fsp3) is 0.938. The van der Waals surface area contributed by atoms with Gasteiger partial charge in [-0.05, 0) is 66.1 Å². The molecule has 0 spiro atoms. The quantitative estimate of drug-likeness (QED) is 0.592. The number of carbonyl (C=O) groups excluding carboxylic acids is 1. The third-order valence-electron chi connectivity index (χ3n) is 3.94. The average Bonchev–Trinajstić information content (AvgIpc) is 3.20. The van der Waals surface area contributed by atoms with Crippen molar-refractivity contribution < 1.29 is 9.53 Å². The van der Waals surface area contributed by atoms with Gasteiger partial charge in [-0.2, -0.15) is 0 Å². The van der Waals surface area contributed by atoms with Crippen LogP contribution >= 0.6 is 0 Å². The van der Waals surface area contributed by atoms with E-state index in [4.69, 9.17) is 4.74 Å². The Morgan fingerprint density at radius 3 is 2.50 bits per heavy atom. The minimum atomic E-state index is -0.511. The minimum absolute atomic E-state index is 0.0943. The molecule has 20 heavy (non-hydrogen) atoms. The van der Waals surface area contributed by atoms with Gasteiger partial charge in [0.25, 0.3) is 0 Å². The van der Waals surface area contributed by atoms with Crippen LogP contribution in [0.15, 0.2) is 0 Å². The summed E-state index contributed by atoms with van der Waals surface area (Å²) in [6, 6.07) is 0.516. The van der Waals surface area contributed by atoms with E-state index in [9.17, 15) is 4.79 Å². The lowest BCUT2D eigenvalue weighted by Gasteiger charge is -2.29. The molecule has 118 valence electrons. The molecule has 1 atom stereocenters. The van der Waals surface area contributed by atoms with Gasteiger partial charge >= 0.3 is 5.97 Å². The Labute approximate surface area is 124 Å². The molecule has 0 aromatic heterocycles. The minimum Gasteiger partial charge on any atom is -0.465 e. The smallest absolute Gasteiger partial charge is 0.326 e. The van der Waals surface area contributed by atoms with Crippen LogP contribution in [0.5, 0.6) is 0 Å². The molecule has 1 aliphatic carbocycles. The highest BCUT2D eigenvalue weighted by atomic mass is 16.5. The second kappa shape index (κ2) is 8.63. The number of ether oxygens (including phenoxy) is 1. The van der Waals surface area contributed by atoms with E-state index in [-0.39, 0.29) is 5.97 Å². The monoisotopic (exact) mass is 284 g/mol. The molecule has 0 amide bonds. The molecule has 0 radical (unpaired) electrons. The van der Waals surface area contributed by atoms with Crippen LogP contribution in [0.2, 0.25) is 0 Å². The summed E-state index contributed by atoms with van der Waals surface area (Å²) in [5, 5.41) is 3.48. The fourth-order valence-corrected chi connectivity index (χ4v) is 2.44. The SMILES string of the molecule is CCCCN(C)CCCC(C)(NC1CC1)C(=O)OCC. The van der Waals surface area contributed by atoms with Crippen LogP contribution in [0.1, 0.15) is 59.3 Å². The molecule has 0 saturated heterocycles. The zero-order valence-electron chi connectivity index (χ0n) is 13.7. The highest BCUT2D eigenvalue weighted by Crippen LogP contribution is 2.25. The second-order valence-electron chi connectivity index (χ2n) is 6.23. The maximum absolute atomic E-state index is 12.2. The first-order valence-corrected chi connectivity index (χ1v) is 8.15. The Kier molecular flexibility index (Phi) is 7.52. The number of carbonyl (C=O) groups is 1. The van der Waals surface area contributed by atoms with Gasteiger partial charge in [0.15, 0.2) is 0 Å². The predicted octanol–water partition coefficient (Wildman–Crippen LogP) is 2.57. The molecule has 1 aliphatic rings. The third kappa shape index (κ3) is 6.23. The third-order valence-corrected chi connectivity index (χ3v) is 3.94. The Bertz CT molecular complexity index is 292. The maximum Gasteiger partial charge on any atom is 0.326 e. The van der Waals surface area contributed by atoms with Crippen molar-refractivity contribution in [1.29, 1.82) is 0 Å². The van der Waals surface area contributed by atoms with Gasteiger partial charge in [-0.1, -0.05) is 13.3 Å². The number of nitrogens with zero attached hydrogens (tertiary/aromatic N) is 1. The average molecular weight is 284 g/mol. The Morgan fingerprint density at radius 2 is 1.95 bits per heavy atom. The first kappa shape index (κ1) is 17.4. The molecular formula is C16H32N2O2. The molecule has 1 saturated carbocycles. The van der Waals surface area contributed by atoms with Gasteiger partial charge in [0.2, 0.25) is 0 Å². The Morgan fingerprint density at radius 1 is 1.30 bits per heavy atom. The zero-order chi connectivity index (χ0) is 15.0. The first-order chi connectivity index (χ1) is 9.51. The van der Waals surface area contributed by atoms with Crippen LogP contribution in [0, 0.1) is 0 Å². The van der Waals surface area contributed by atoms with Crippen molar-refractivity contribution in [2.45, 2.75) is 70.9 Å². The van der Waals surface area contributed by atoms with Crippen LogP contribution in [0.25, 0.3) is 0 Å². The summed E-state index contributed by atoms with van der Waals surface area (Å²) in [5.41, 5.74) is -0.511. The van der Waals surface area contributed by atoms with Gasteiger partial charge in [-0.15, -0.1) is 0 Å². The molecule has 0 heterocycles. The van der Waals surface area contributed by atoms with Crippen molar-refractivity contribution in [1.82, 2.24) is 10.2 Å². The molecule has 0 aromatic rings. The molecule has 1 unspecified atom stereocenters. The van der Waals surface area contributed by atoms with Gasteiger partial charge in [-0.3, -0.25) is 10.1 Å². The summed E-state index contributed by atoms with van der Waals surface area (Å²) in [5.74, 6) is -0.0943. The number of hydrogen-bond donors (Lipinski definition) is 1. The van der Waals surface area contributed by atoms with Crippen molar-refractivity contribution in [3.8, 4) is 0 Å². The summed E-state index contributed by atoms with van der Waals surface area (Å²) in [6.45, 7) is 8.72. The lowest BCUT2D eigenvalue weighted by atomic mass is 9.95. The zero-order valence-corrected chi connectivity index (χ0v) is 13.7. The normalized spacial score (nSPS) is 18.1. The molecule has 0 aromatic carbocycles. The van der Waals surface area contributed by atoms with E-state index in [1.54, 1.807) is 0 Å². The van der Waals surface area contributed by atoms with Crippen molar-refractivity contribution in [3.05, 3.63) is 0 Å². The van der Waals surface area contributed by atoms with Gasteiger partial charge in [0.05, 0.1) is 6.61 Å².